The largest absolute Gasteiger partial charge is 0.301 e. The van der Waals surface area contributed by atoms with Gasteiger partial charge in [0.15, 0.2) is 5.16 Å². The minimum atomic E-state index is 0.0443. The summed E-state index contributed by atoms with van der Waals surface area (Å²) in [6.07, 6.45) is 0. The van der Waals surface area contributed by atoms with E-state index in [9.17, 15) is 4.79 Å². The summed E-state index contributed by atoms with van der Waals surface area (Å²) >= 11 is 3.36. The number of aromatic amines is 1. The molecule has 2 heterocycles. The Bertz CT molecular complexity index is 402. The Kier molecular flexibility index (Phi) is 2.88. The summed E-state index contributed by atoms with van der Waals surface area (Å²) in [6.45, 7) is 4.15. The highest BCUT2D eigenvalue weighted by Crippen LogP contribution is 2.38. The van der Waals surface area contributed by atoms with Gasteiger partial charge in [-0.05, 0) is 12.7 Å². The van der Waals surface area contributed by atoms with E-state index >= 15 is 0 Å². The summed E-state index contributed by atoms with van der Waals surface area (Å²) in [5.74, 6) is 1.74. The average molecular weight is 228 g/mol. The van der Waals surface area contributed by atoms with Gasteiger partial charge in [-0.3, -0.25) is 4.79 Å². The van der Waals surface area contributed by atoms with Crippen molar-refractivity contribution < 1.29 is 0 Å². The predicted molar refractivity (Wildman–Crippen MR) is 61.0 cm³/mol. The van der Waals surface area contributed by atoms with Crippen LogP contribution in [0.4, 0.5) is 0 Å². The van der Waals surface area contributed by atoms with Crippen LogP contribution in [0.25, 0.3) is 0 Å². The molecule has 1 unspecified atom stereocenters. The maximum Gasteiger partial charge on any atom is 0.255 e. The third-order valence-corrected chi connectivity index (χ3v) is 4.10. The fourth-order valence-corrected chi connectivity index (χ4v) is 3.11. The lowest BCUT2D eigenvalue weighted by molar-refractivity contribution is 0.853. The molecule has 0 fully saturated rings. The SMILES string of the molecule is CCSc1nc2c(c(=O)[nH]1)CSC2C. The molecule has 1 aliphatic heterocycles. The molecule has 1 aliphatic rings. The molecule has 0 saturated carbocycles. The first-order chi connectivity index (χ1) is 6.72. The van der Waals surface area contributed by atoms with Crippen LogP contribution in [0.1, 0.15) is 30.4 Å². The van der Waals surface area contributed by atoms with Gasteiger partial charge in [-0.1, -0.05) is 18.7 Å². The average Bonchev–Trinajstić information content (AvgIpc) is 2.49. The minimum absolute atomic E-state index is 0.0443. The van der Waals surface area contributed by atoms with E-state index in [4.69, 9.17) is 0 Å². The number of thioether (sulfide) groups is 2. The van der Waals surface area contributed by atoms with Crippen molar-refractivity contribution in [3.05, 3.63) is 21.6 Å². The number of H-pyrrole nitrogens is 1. The van der Waals surface area contributed by atoms with Gasteiger partial charge >= 0.3 is 0 Å². The fraction of sp³-hybridized carbons (Fsp3) is 0.556. The molecular formula is C9H12N2OS2. The van der Waals surface area contributed by atoms with E-state index in [1.165, 1.54) is 0 Å². The summed E-state index contributed by atoms with van der Waals surface area (Å²) in [4.78, 5) is 18.9. The molecule has 1 aromatic heterocycles. The molecule has 2 rings (SSSR count). The molecule has 0 aromatic carbocycles. The summed E-state index contributed by atoms with van der Waals surface area (Å²) in [7, 11) is 0. The van der Waals surface area contributed by atoms with Crippen LogP contribution in [0, 0.1) is 0 Å². The summed E-state index contributed by atoms with van der Waals surface area (Å²) < 4.78 is 0. The lowest BCUT2D eigenvalue weighted by Crippen LogP contribution is -2.15. The molecule has 76 valence electrons. The molecular weight excluding hydrogens is 216 g/mol. The van der Waals surface area contributed by atoms with Crippen LogP contribution >= 0.6 is 23.5 Å². The van der Waals surface area contributed by atoms with Crippen LogP contribution in [-0.4, -0.2) is 15.7 Å². The van der Waals surface area contributed by atoms with Crippen molar-refractivity contribution in [2.24, 2.45) is 0 Å². The van der Waals surface area contributed by atoms with E-state index in [1.807, 2.05) is 0 Å². The maximum atomic E-state index is 11.6. The molecule has 0 bridgehead atoms. The zero-order chi connectivity index (χ0) is 10.1. The van der Waals surface area contributed by atoms with Crippen LogP contribution in [0.15, 0.2) is 9.95 Å². The summed E-state index contributed by atoms with van der Waals surface area (Å²) in [6, 6.07) is 0. The Morgan fingerprint density at radius 1 is 1.71 bits per heavy atom. The van der Waals surface area contributed by atoms with Gasteiger partial charge in [0.1, 0.15) is 0 Å². The highest BCUT2D eigenvalue weighted by atomic mass is 32.2. The fourth-order valence-electron chi connectivity index (χ4n) is 1.46. The number of hydrogen-bond donors (Lipinski definition) is 1. The number of nitrogens with one attached hydrogen (secondary N) is 1. The molecule has 14 heavy (non-hydrogen) atoms. The zero-order valence-electron chi connectivity index (χ0n) is 8.16. The molecule has 5 heteroatoms. The van der Waals surface area contributed by atoms with Crippen LogP contribution in [0.2, 0.25) is 0 Å². The van der Waals surface area contributed by atoms with E-state index in [1.54, 1.807) is 23.5 Å². The predicted octanol–water partition coefficient (Wildman–Crippen LogP) is 2.19. The number of hydrogen-bond acceptors (Lipinski definition) is 4. The Hall–Kier alpha value is -0.420. The van der Waals surface area contributed by atoms with Crippen molar-refractivity contribution in [1.82, 2.24) is 9.97 Å². The van der Waals surface area contributed by atoms with Crippen molar-refractivity contribution in [3.8, 4) is 0 Å². The highest BCUT2D eigenvalue weighted by Gasteiger charge is 2.24. The molecule has 1 aromatic rings. The van der Waals surface area contributed by atoms with Gasteiger partial charge in [0.25, 0.3) is 5.56 Å². The van der Waals surface area contributed by atoms with Gasteiger partial charge in [-0.2, -0.15) is 0 Å². The summed E-state index contributed by atoms with van der Waals surface area (Å²) in [5.41, 5.74) is 1.89. The van der Waals surface area contributed by atoms with Crippen molar-refractivity contribution in [1.29, 1.82) is 0 Å². The Labute approximate surface area is 91.1 Å². The van der Waals surface area contributed by atoms with Crippen molar-refractivity contribution in [2.75, 3.05) is 5.75 Å². The van der Waals surface area contributed by atoms with E-state index in [2.05, 4.69) is 23.8 Å². The summed E-state index contributed by atoms with van der Waals surface area (Å²) in [5, 5.41) is 1.12. The van der Waals surface area contributed by atoms with Gasteiger partial charge in [0.2, 0.25) is 0 Å². The van der Waals surface area contributed by atoms with Crippen molar-refractivity contribution in [3.63, 3.8) is 0 Å². The Balaban J connectivity index is 2.47. The van der Waals surface area contributed by atoms with Crippen LogP contribution in [-0.2, 0) is 5.75 Å². The molecule has 0 amide bonds. The quantitative estimate of drug-likeness (QED) is 0.622. The third kappa shape index (κ3) is 1.70. The minimum Gasteiger partial charge on any atom is -0.301 e. The van der Waals surface area contributed by atoms with E-state index in [-0.39, 0.29) is 5.56 Å². The van der Waals surface area contributed by atoms with E-state index in [0.29, 0.717) is 5.25 Å². The second-order valence-electron chi connectivity index (χ2n) is 3.12. The number of rotatable bonds is 2. The van der Waals surface area contributed by atoms with Gasteiger partial charge in [-0.25, -0.2) is 4.98 Å². The highest BCUT2D eigenvalue weighted by molar-refractivity contribution is 7.99. The van der Waals surface area contributed by atoms with Crippen LogP contribution in [0.3, 0.4) is 0 Å². The normalized spacial score (nSPS) is 19.7. The molecule has 0 spiro atoms. The second kappa shape index (κ2) is 3.98. The number of nitrogens with zero attached hydrogens (tertiary/aromatic N) is 1. The monoisotopic (exact) mass is 228 g/mol. The van der Waals surface area contributed by atoms with Crippen LogP contribution in [0.5, 0.6) is 0 Å². The third-order valence-electron chi connectivity index (χ3n) is 2.17. The van der Waals surface area contributed by atoms with Gasteiger partial charge in [0, 0.05) is 16.6 Å². The first-order valence-corrected chi connectivity index (χ1v) is 6.63. The van der Waals surface area contributed by atoms with Gasteiger partial charge < -0.3 is 4.98 Å². The molecule has 0 aliphatic carbocycles. The first kappa shape index (κ1) is 10.1. The first-order valence-electron chi connectivity index (χ1n) is 4.60. The van der Waals surface area contributed by atoms with E-state index in [0.717, 1.165) is 27.9 Å². The number of fused-ring (bicyclic) bond motifs is 1. The zero-order valence-corrected chi connectivity index (χ0v) is 9.80. The Morgan fingerprint density at radius 2 is 2.50 bits per heavy atom. The van der Waals surface area contributed by atoms with Gasteiger partial charge in [-0.15, -0.1) is 11.8 Å². The second-order valence-corrected chi connectivity index (χ2v) is 5.70. The molecule has 0 saturated heterocycles. The molecule has 3 nitrogen and oxygen atoms in total. The molecule has 0 radical (unpaired) electrons. The topological polar surface area (TPSA) is 45.8 Å². The van der Waals surface area contributed by atoms with Gasteiger partial charge in [0.05, 0.1) is 5.69 Å². The number of aromatic nitrogens is 2. The smallest absolute Gasteiger partial charge is 0.255 e. The van der Waals surface area contributed by atoms with Crippen molar-refractivity contribution >= 4 is 23.5 Å². The van der Waals surface area contributed by atoms with E-state index < -0.39 is 0 Å². The lowest BCUT2D eigenvalue weighted by atomic mass is 10.2. The van der Waals surface area contributed by atoms with Crippen LogP contribution < -0.4 is 5.56 Å². The Morgan fingerprint density at radius 3 is 3.21 bits per heavy atom. The maximum absolute atomic E-state index is 11.6. The lowest BCUT2D eigenvalue weighted by Gasteiger charge is -2.04. The standard InChI is InChI=1S/C9H12N2OS2/c1-3-13-9-10-7-5(2)14-4-6(7)8(12)11-9/h5H,3-4H2,1-2H3,(H,10,11,12). The molecule has 1 atom stereocenters. The van der Waals surface area contributed by atoms with Crippen molar-refractivity contribution in [2.45, 2.75) is 30.0 Å². The molecule has 1 N–H and O–H groups in total.